The number of halogens is 3. The molecule has 6 heteroatoms. The summed E-state index contributed by atoms with van der Waals surface area (Å²) < 4.78 is 27.6. The summed E-state index contributed by atoms with van der Waals surface area (Å²) in [4.78, 5) is 0. The molecule has 0 bridgehead atoms. The lowest BCUT2D eigenvalue weighted by molar-refractivity contribution is -0.0498. The van der Waals surface area contributed by atoms with E-state index in [-0.39, 0.29) is 10.9 Å². The van der Waals surface area contributed by atoms with Gasteiger partial charge in [-0.15, -0.1) is 0 Å². The molecule has 0 heterocycles. The molecule has 76 valence electrons. The summed E-state index contributed by atoms with van der Waals surface area (Å²) in [5, 5.41) is 10.9. The maximum atomic E-state index is 11.7. The highest BCUT2D eigenvalue weighted by Crippen LogP contribution is 2.16. The predicted molar refractivity (Wildman–Crippen MR) is 47.3 cm³/mol. The van der Waals surface area contributed by atoms with Crippen LogP contribution in [0.15, 0.2) is 29.4 Å². The second-order valence-electron chi connectivity index (χ2n) is 2.29. The molecule has 1 aromatic rings. The topological polar surface area (TPSA) is 41.8 Å². The first kappa shape index (κ1) is 10.7. The lowest BCUT2D eigenvalue weighted by Gasteiger charge is -2.04. The second-order valence-corrected chi connectivity index (χ2v) is 2.65. The lowest BCUT2D eigenvalue weighted by atomic mass is 10.2. The Morgan fingerprint density at radius 2 is 1.93 bits per heavy atom. The molecule has 3 nitrogen and oxygen atoms in total. The molecule has 14 heavy (non-hydrogen) atoms. The number of hydrogen-bond donors (Lipinski definition) is 1. The van der Waals surface area contributed by atoms with E-state index in [2.05, 4.69) is 9.89 Å². The summed E-state index contributed by atoms with van der Waals surface area (Å²) in [6.07, 6.45) is 0. The predicted octanol–water partition coefficient (Wildman–Crippen LogP) is 2.66. The largest absolute Gasteiger partial charge is 0.435 e. The first-order chi connectivity index (χ1) is 6.63. The fraction of sp³-hybridized carbons (Fsp3) is 0.125. The Bertz CT molecular complexity index is 327. The van der Waals surface area contributed by atoms with E-state index in [9.17, 15) is 8.78 Å². The van der Waals surface area contributed by atoms with Crippen molar-refractivity contribution in [3.63, 3.8) is 0 Å². The SMILES string of the molecule is ON=C(Cl)c1ccc(OC(F)F)cc1. The quantitative estimate of drug-likeness (QED) is 0.484. The first-order valence-corrected chi connectivity index (χ1v) is 3.94. The van der Waals surface area contributed by atoms with Crippen LogP contribution in [0.25, 0.3) is 0 Å². The standard InChI is InChI=1S/C8H6ClF2NO2/c9-7(12-13)5-1-3-6(4-2-5)14-8(10)11/h1-4,8,13H. The van der Waals surface area contributed by atoms with Crippen molar-refractivity contribution in [1.29, 1.82) is 0 Å². The van der Waals surface area contributed by atoms with Gasteiger partial charge >= 0.3 is 6.61 Å². The molecule has 0 saturated carbocycles. The van der Waals surface area contributed by atoms with Gasteiger partial charge in [0.05, 0.1) is 0 Å². The van der Waals surface area contributed by atoms with Crippen molar-refractivity contribution in [2.24, 2.45) is 5.16 Å². The molecule has 0 aliphatic heterocycles. The van der Waals surface area contributed by atoms with Crippen LogP contribution < -0.4 is 4.74 Å². The summed E-state index contributed by atoms with van der Waals surface area (Å²) >= 11 is 5.46. The zero-order valence-corrected chi connectivity index (χ0v) is 7.58. The van der Waals surface area contributed by atoms with Crippen LogP contribution in [-0.2, 0) is 0 Å². The summed E-state index contributed by atoms with van der Waals surface area (Å²) in [7, 11) is 0. The monoisotopic (exact) mass is 221 g/mol. The maximum Gasteiger partial charge on any atom is 0.387 e. The highest BCUT2D eigenvalue weighted by Gasteiger charge is 2.05. The average molecular weight is 222 g/mol. The molecule has 0 spiro atoms. The molecular weight excluding hydrogens is 216 g/mol. The summed E-state index contributed by atoms with van der Waals surface area (Å²) in [6, 6.07) is 5.41. The minimum atomic E-state index is -2.86. The Morgan fingerprint density at radius 3 is 2.36 bits per heavy atom. The normalized spacial score (nSPS) is 11.9. The van der Waals surface area contributed by atoms with Crippen LogP contribution >= 0.6 is 11.6 Å². The molecule has 1 rings (SSSR count). The molecule has 0 aliphatic carbocycles. The average Bonchev–Trinajstić information content (AvgIpc) is 2.17. The van der Waals surface area contributed by atoms with Gasteiger partial charge in [0, 0.05) is 5.56 Å². The highest BCUT2D eigenvalue weighted by atomic mass is 35.5. The van der Waals surface area contributed by atoms with E-state index < -0.39 is 6.61 Å². The fourth-order valence-corrected chi connectivity index (χ4v) is 0.958. The molecule has 1 aromatic carbocycles. The summed E-state index contributed by atoms with van der Waals surface area (Å²) in [5.74, 6) is 0.0196. The smallest absolute Gasteiger partial charge is 0.387 e. The van der Waals surface area contributed by atoms with Crippen LogP contribution in [0.2, 0.25) is 0 Å². The number of rotatable bonds is 3. The minimum Gasteiger partial charge on any atom is -0.435 e. The Kier molecular flexibility index (Phi) is 3.64. The third kappa shape index (κ3) is 2.85. The number of ether oxygens (including phenoxy) is 1. The van der Waals surface area contributed by atoms with Crippen molar-refractivity contribution in [2.75, 3.05) is 0 Å². The summed E-state index contributed by atoms with van der Waals surface area (Å²) in [5.41, 5.74) is 0.413. The Hall–Kier alpha value is -1.36. The van der Waals surface area contributed by atoms with E-state index in [1.54, 1.807) is 0 Å². The first-order valence-electron chi connectivity index (χ1n) is 3.56. The third-order valence-electron chi connectivity index (χ3n) is 1.41. The van der Waals surface area contributed by atoms with Gasteiger partial charge < -0.3 is 9.94 Å². The van der Waals surface area contributed by atoms with E-state index in [0.29, 0.717) is 5.56 Å². The van der Waals surface area contributed by atoms with Crippen molar-refractivity contribution < 1.29 is 18.7 Å². The molecule has 0 aromatic heterocycles. The molecule has 0 radical (unpaired) electrons. The molecule has 0 amide bonds. The van der Waals surface area contributed by atoms with Crippen LogP contribution in [0.4, 0.5) is 8.78 Å². The Labute approximate surface area is 83.6 Å². The minimum absolute atomic E-state index is 0.0196. The van der Waals surface area contributed by atoms with Gasteiger partial charge in [-0.1, -0.05) is 16.8 Å². The maximum absolute atomic E-state index is 11.7. The second kappa shape index (κ2) is 4.76. The number of hydrogen-bond acceptors (Lipinski definition) is 3. The van der Waals surface area contributed by atoms with Crippen LogP contribution in [-0.4, -0.2) is 17.0 Å². The van der Waals surface area contributed by atoms with Crippen LogP contribution in [0.5, 0.6) is 5.75 Å². The van der Waals surface area contributed by atoms with Crippen molar-refractivity contribution >= 4 is 16.8 Å². The number of benzene rings is 1. The Balaban J connectivity index is 2.78. The number of nitrogens with zero attached hydrogens (tertiary/aromatic N) is 1. The summed E-state index contributed by atoms with van der Waals surface area (Å²) in [6.45, 7) is -2.86. The van der Waals surface area contributed by atoms with E-state index in [0.717, 1.165) is 0 Å². The van der Waals surface area contributed by atoms with Gasteiger partial charge in [0.15, 0.2) is 5.17 Å². The van der Waals surface area contributed by atoms with Crippen LogP contribution in [0.1, 0.15) is 5.56 Å². The van der Waals surface area contributed by atoms with Gasteiger partial charge in [0.2, 0.25) is 0 Å². The van der Waals surface area contributed by atoms with Crippen LogP contribution in [0.3, 0.4) is 0 Å². The van der Waals surface area contributed by atoms with Crippen LogP contribution in [0, 0.1) is 0 Å². The van der Waals surface area contributed by atoms with E-state index in [4.69, 9.17) is 16.8 Å². The third-order valence-corrected chi connectivity index (χ3v) is 1.70. The zero-order chi connectivity index (χ0) is 10.6. The van der Waals surface area contributed by atoms with E-state index >= 15 is 0 Å². The molecule has 1 N–H and O–H groups in total. The van der Waals surface area contributed by atoms with Gasteiger partial charge in [-0.25, -0.2) is 0 Å². The molecule has 0 unspecified atom stereocenters. The van der Waals surface area contributed by atoms with Gasteiger partial charge in [-0.05, 0) is 24.3 Å². The highest BCUT2D eigenvalue weighted by molar-refractivity contribution is 6.69. The van der Waals surface area contributed by atoms with Gasteiger partial charge in [0.25, 0.3) is 0 Å². The van der Waals surface area contributed by atoms with Gasteiger partial charge in [0.1, 0.15) is 5.75 Å². The molecule has 0 aliphatic rings. The Morgan fingerprint density at radius 1 is 1.36 bits per heavy atom. The van der Waals surface area contributed by atoms with E-state index in [1.165, 1.54) is 24.3 Å². The number of alkyl halides is 2. The zero-order valence-electron chi connectivity index (χ0n) is 6.82. The number of oxime groups is 1. The van der Waals surface area contributed by atoms with Crippen molar-refractivity contribution in [2.45, 2.75) is 6.61 Å². The van der Waals surface area contributed by atoms with Gasteiger partial charge in [-0.2, -0.15) is 8.78 Å². The molecule has 0 atom stereocenters. The molecular formula is C8H6ClF2NO2. The fourth-order valence-electron chi connectivity index (χ4n) is 0.832. The van der Waals surface area contributed by atoms with Gasteiger partial charge in [-0.3, -0.25) is 0 Å². The van der Waals surface area contributed by atoms with Crippen molar-refractivity contribution in [3.8, 4) is 5.75 Å². The van der Waals surface area contributed by atoms with E-state index in [1.807, 2.05) is 0 Å². The lowest BCUT2D eigenvalue weighted by Crippen LogP contribution is -2.02. The molecule has 0 fully saturated rings. The van der Waals surface area contributed by atoms with Crippen molar-refractivity contribution in [1.82, 2.24) is 0 Å². The van der Waals surface area contributed by atoms with Crippen molar-refractivity contribution in [3.05, 3.63) is 29.8 Å². The molecule has 0 saturated heterocycles.